The van der Waals surface area contributed by atoms with Gasteiger partial charge in [-0.15, -0.1) is 0 Å². The van der Waals surface area contributed by atoms with E-state index in [1.807, 2.05) is 36.4 Å². The number of nitrogens with zero attached hydrogens (tertiary/aromatic N) is 1. The van der Waals surface area contributed by atoms with Gasteiger partial charge >= 0.3 is 6.03 Å². The van der Waals surface area contributed by atoms with Gasteiger partial charge in [0.25, 0.3) is 5.91 Å². The first kappa shape index (κ1) is 15.3. The number of hydrogen-bond donors (Lipinski definition) is 2. The summed E-state index contributed by atoms with van der Waals surface area (Å²) >= 11 is 0. The lowest BCUT2D eigenvalue weighted by Crippen LogP contribution is -2.35. The monoisotopic (exact) mass is 335 g/mol. The maximum atomic E-state index is 12.4. The van der Waals surface area contributed by atoms with E-state index in [9.17, 15) is 9.59 Å². The maximum Gasteiger partial charge on any atom is 0.321 e. The van der Waals surface area contributed by atoms with Gasteiger partial charge in [0.1, 0.15) is 11.3 Å². The third kappa shape index (κ3) is 2.94. The molecule has 0 unspecified atom stereocenters. The molecule has 2 aromatic carbocycles. The van der Waals surface area contributed by atoms with Crippen molar-refractivity contribution in [2.24, 2.45) is 0 Å². The number of anilines is 1. The molecule has 2 heterocycles. The second-order valence-electron chi connectivity index (χ2n) is 6.09. The van der Waals surface area contributed by atoms with Crippen LogP contribution in [0.2, 0.25) is 0 Å². The van der Waals surface area contributed by atoms with Gasteiger partial charge in [-0.3, -0.25) is 4.79 Å². The Hall–Kier alpha value is -3.28. The molecule has 0 fully saturated rings. The molecule has 0 bridgehead atoms. The summed E-state index contributed by atoms with van der Waals surface area (Å²) in [5.41, 5.74) is 2.96. The summed E-state index contributed by atoms with van der Waals surface area (Å²) in [5, 5.41) is 6.64. The maximum absolute atomic E-state index is 12.4. The van der Waals surface area contributed by atoms with E-state index >= 15 is 0 Å². The van der Waals surface area contributed by atoms with E-state index in [1.165, 1.54) is 0 Å². The van der Waals surface area contributed by atoms with Crippen LogP contribution < -0.4 is 10.6 Å². The summed E-state index contributed by atoms with van der Waals surface area (Å²) in [5.74, 6) is 0.485. The van der Waals surface area contributed by atoms with Crippen molar-refractivity contribution in [1.29, 1.82) is 0 Å². The number of para-hydroxylation sites is 1. The first-order chi connectivity index (χ1) is 12.1. The zero-order valence-corrected chi connectivity index (χ0v) is 13.7. The highest BCUT2D eigenvalue weighted by Crippen LogP contribution is 2.24. The van der Waals surface area contributed by atoms with Crippen LogP contribution in [0.3, 0.4) is 0 Å². The number of carbonyl (C=O) groups is 2. The van der Waals surface area contributed by atoms with Gasteiger partial charge < -0.3 is 20.0 Å². The molecule has 0 saturated heterocycles. The van der Waals surface area contributed by atoms with Crippen molar-refractivity contribution in [3.05, 3.63) is 65.4 Å². The van der Waals surface area contributed by atoms with Crippen molar-refractivity contribution in [3.63, 3.8) is 0 Å². The van der Waals surface area contributed by atoms with E-state index < -0.39 is 0 Å². The SMILES string of the molecule is CN1Cc2ccc(C(=O)NCc3cc4ccccc4o3)cc2NC1=O. The van der Waals surface area contributed by atoms with Crippen molar-refractivity contribution in [1.82, 2.24) is 10.2 Å². The molecule has 1 aliphatic heterocycles. The Morgan fingerprint density at radius 2 is 2.08 bits per heavy atom. The molecule has 4 rings (SSSR count). The Kier molecular flexibility index (Phi) is 3.65. The molecular formula is C19H17N3O3. The van der Waals surface area contributed by atoms with Crippen LogP contribution in [-0.2, 0) is 13.1 Å². The van der Waals surface area contributed by atoms with Crippen molar-refractivity contribution in [2.75, 3.05) is 12.4 Å². The van der Waals surface area contributed by atoms with E-state index in [-0.39, 0.29) is 11.9 Å². The number of rotatable bonds is 3. The molecule has 1 aliphatic rings. The zero-order chi connectivity index (χ0) is 17.4. The lowest BCUT2D eigenvalue weighted by molar-refractivity contribution is 0.0948. The molecule has 6 nitrogen and oxygen atoms in total. The number of furan rings is 1. The smallest absolute Gasteiger partial charge is 0.321 e. The molecule has 3 aromatic rings. The summed E-state index contributed by atoms with van der Waals surface area (Å²) < 4.78 is 5.69. The molecule has 25 heavy (non-hydrogen) atoms. The number of benzene rings is 2. The molecule has 0 radical (unpaired) electrons. The summed E-state index contributed by atoms with van der Waals surface area (Å²) in [6, 6.07) is 14.8. The van der Waals surface area contributed by atoms with Gasteiger partial charge in [0.2, 0.25) is 0 Å². The van der Waals surface area contributed by atoms with Crippen molar-refractivity contribution < 1.29 is 14.0 Å². The van der Waals surface area contributed by atoms with Crippen LogP contribution in [0.1, 0.15) is 21.7 Å². The van der Waals surface area contributed by atoms with Crippen LogP contribution in [-0.4, -0.2) is 23.9 Å². The van der Waals surface area contributed by atoms with Crippen LogP contribution in [0.4, 0.5) is 10.5 Å². The highest BCUT2D eigenvalue weighted by Gasteiger charge is 2.20. The molecule has 0 spiro atoms. The summed E-state index contributed by atoms with van der Waals surface area (Å²) in [4.78, 5) is 25.7. The highest BCUT2D eigenvalue weighted by atomic mass is 16.3. The quantitative estimate of drug-likeness (QED) is 0.771. The summed E-state index contributed by atoms with van der Waals surface area (Å²) in [6.07, 6.45) is 0. The van der Waals surface area contributed by atoms with Gasteiger partial charge in [0.05, 0.1) is 6.54 Å². The van der Waals surface area contributed by atoms with E-state index in [2.05, 4.69) is 10.6 Å². The fourth-order valence-electron chi connectivity index (χ4n) is 2.90. The standard InChI is InChI=1S/C19H17N3O3/c1-22-11-14-7-6-13(9-16(14)21-19(22)24)18(23)20-10-15-8-12-4-2-3-5-17(12)25-15/h2-9H,10-11H2,1H3,(H,20,23)(H,21,24). The lowest BCUT2D eigenvalue weighted by atomic mass is 10.1. The van der Waals surface area contributed by atoms with Crippen LogP contribution in [0.25, 0.3) is 11.0 Å². The first-order valence-corrected chi connectivity index (χ1v) is 8.01. The Morgan fingerprint density at radius 1 is 1.24 bits per heavy atom. The van der Waals surface area contributed by atoms with Crippen LogP contribution >= 0.6 is 0 Å². The predicted octanol–water partition coefficient (Wildman–Crippen LogP) is 3.34. The third-order valence-corrected chi connectivity index (χ3v) is 4.27. The number of nitrogens with one attached hydrogen (secondary N) is 2. The van der Waals surface area contributed by atoms with E-state index in [4.69, 9.17) is 4.42 Å². The number of fused-ring (bicyclic) bond motifs is 2. The molecule has 2 N–H and O–H groups in total. The van der Waals surface area contributed by atoms with Crippen LogP contribution in [0.15, 0.2) is 52.9 Å². The van der Waals surface area contributed by atoms with Crippen LogP contribution in [0, 0.1) is 0 Å². The van der Waals surface area contributed by atoms with E-state index in [0.29, 0.717) is 30.1 Å². The molecular weight excluding hydrogens is 318 g/mol. The van der Waals surface area contributed by atoms with E-state index in [0.717, 1.165) is 16.5 Å². The fourth-order valence-corrected chi connectivity index (χ4v) is 2.90. The largest absolute Gasteiger partial charge is 0.459 e. The lowest BCUT2D eigenvalue weighted by Gasteiger charge is -2.26. The topological polar surface area (TPSA) is 74.6 Å². The van der Waals surface area contributed by atoms with Crippen LogP contribution in [0.5, 0.6) is 0 Å². The van der Waals surface area contributed by atoms with E-state index in [1.54, 1.807) is 24.1 Å². The second-order valence-corrected chi connectivity index (χ2v) is 6.09. The number of carbonyl (C=O) groups excluding carboxylic acids is 2. The number of urea groups is 1. The Balaban J connectivity index is 1.48. The first-order valence-electron chi connectivity index (χ1n) is 8.01. The van der Waals surface area contributed by atoms with Crippen molar-refractivity contribution in [3.8, 4) is 0 Å². The molecule has 0 aliphatic carbocycles. The summed E-state index contributed by atoms with van der Waals surface area (Å²) in [6.45, 7) is 0.835. The molecule has 6 heteroatoms. The molecule has 3 amide bonds. The molecule has 126 valence electrons. The van der Waals surface area contributed by atoms with Crippen molar-refractivity contribution in [2.45, 2.75) is 13.1 Å². The highest BCUT2D eigenvalue weighted by molar-refractivity contribution is 5.98. The van der Waals surface area contributed by atoms with Crippen molar-refractivity contribution >= 4 is 28.6 Å². The van der Waals surface area contributed by atoms with Gasteiger partial charge in [0, 0.05) is 30.2 Å². The summed E-state index contributed by atoms with van der Waals surface area (Å²) in [7, 11) is 1.73. The fraction of sp³-hybridized carbons (Fsp3) is 0.158. The Labute approximate surface area is 144 Å². The molecule has 1 aromatic heterocycles. The minimum atomic E-state index is -0.212. The Morgan fingerprint density at radius 3 is 2.92 bits per heavy atom. The number of hydrogen-bond acceptors (Lipinski definition) is 3. The second kappa shape index (κ2) is 5.98. The minimum absolute atomic E-state index is 0.174. The normalized spacial score (nSPS) is 13.5. The van der Waals surface area contributed by atoms with Gasteiger partial charge in [-0.1, -0.05) is 24.3 Å². The van der Waals surface area contributed by atoms with Gasteiger partial charge in [0.15, 0.2) is 0 Å². The number of amides is 3. The molecule has 0 saturated carbocycles. The average Bonchev–Trinajstić information content (AvgIpc) is 3.03. The minimum Gasteiger partial charge on any atom is -0.459 e. The molecule has 0 atom stereocenters. The van der Waals surface area contributed by atoms with Gasteiger partial charge in [-0.2, -0.15) is 0 Å². The predicted molar refractivity (Wildman–Crippen MR) is 94.3 cm³/mol. The van der Waals surface area contributed by atoms with Gasteiger partial charge in [-0.25, -0.2) is 4.79 Å². The average molecular weight is 335 g/mol. The Bertz CT molecular complexity index is 944. The zero-order valence-electron chi connectivity index (χ0n) is 13.7. The third-order valence-electron chi connectivity index (χ3n) is 4.27. The van der Waals surface area contributed by atoms with Gasteiger partial charge in [-0.05, 0) is 29.8 Å².